The lowest BCUT2D eigenvalue weighted by Crippen LogP contribution is -2.15. The number of pyridine rings is 1. The molecule has 0 spiro atoms. The zero-order valence-corrected chi connectivity index (χ0v) is 17.9. The van der Waals surface area contributed by atoms with E-state index in [0.29, 0.717) is 16.5 Å². The molecule has 1 N–H and O–H groups in total. The number of fused-ring (bicyclic) bond motifs is 1. The average Bonchev–Trinajstić information content (AvgIpc) is 3.13. The first-order chi connectivity index (χ1) is 15.8. The zero-order chi connectivity index (χ0) is 23.7. The Morgan fingerprint density at radius 2 is 2.00 bits per heavy atom. The van der Waals surface area contributed by atoms with E-state index in [2.05, 4.69) is 4.98 Å². The van der Waals surface area contributed by atoms with Gasteiger partial charge in [0, 0.05) is 45.9 Å². The molecule has 8 nitrogen and oxygen atoms in total. The lowest BCUT2D eigenvalue weighted by atomic mass is 10.0. The number of nitrogens with zero attached hydrogens (tertiary/aromatic N) is 2. The molecule has 33 heavy (non-hydrogen) atoms. The van der Waals surface area contributed by atoms with Crippen molar-refractivity contribution < 1.29 is 18.8 Å². The largest absolute Gasteiger partial charge is 0.464 e. The van der Waals surface area contributed by atoms with Crippen LogP contribution in [0.3, 0.4) is 0 Å². The number of methoxy groups -OCH3 is 1. The summed E-state index contributed by atoms with van der Waals surface area (Å²) in [5.74, 6) is -1.36. The van der Waals surface area contributed by atoms with Crippen LogP contribution in [-0.4, -0.2) is 27.6 Å². The number of ether oxygens (including phenoxy) is 1. The van der Waals surface area contributed by atoms with Crippen LogP contribution in [0.1, 0.15) is 28.5 Å². The fraction of sp³-hybridized carbons (Fsp3) is 0.167. The fourth-order valence-corrected chi connectivity index (χ4v) is 3.95. The van der Waals surface area contributed by atoms with Gasteiger partial charge in [-0.2, -0.15) is 0 Å². The van der Waals surface area contributed by atoms with Gasteiger partial charge in [-0.25, -0.2) is 9.18 Å². The maximum atomic E-state index is 14.6. The van der Waals surface area contributed by atoms with E-state index in [9.17, 15) is 24.1 Å². The molecule has 0 bridgehead atoms. The maximum absolute atomic E-state index is 14.6. The third kappa shape index (κ3) is 3.89. The first-order valence-corrected chi connectivity index (χ1v) is 10.2. The lowest BCUT2D eigenvalue weighted by molar-refractivity contribution is -0.385. The number of carbonyl (C=O) groups is 1. The molecule has 2 heterocycles. The SMILES string of the molecule is CCc1ccc2c(c1)c(-c1ccc[nH]c1=O)c(C(=O)OC)n2Cc1cc([N+](=O)[O-])ccc1F. The number of carbonyl (C=O) groups excluding carboxylic acids is 1. The van der Waals surface area contributed by atoms with Gasteiger partial charge >= 0.3 is 5.97 Å². The molecule has 0 aliphatic rings. The number of aromatic amines is 1. The van der Waals surface area contributed by atoms with Gasteiger partial charge in [0.1, 0.15) is 11.5 Å². The molecule has 0 unspecified atom stereocenters. The second-order valence-electron chi connectivity index (χ2n) is 7.45. The standard InChI is InChI=1S/C24H20FN3O5/c1-3-14-6-9-20-18(11-14)21(17-5-4-10-26-23(17)29)22(24(30)33-2)27(20)13-15-12-16(28(31)32)7-8-19(15)25/h4-12H,3,13H2,1-2H3,(H,26,29). The molecule has 9 heteroatoms. The van der Waals surface area contributed by atoms with Crippen molar-refractivity contribution in [1.29, 1.82) is 0 Å². The van der Waals surface area contributed by atoms with Gasteiger partial charge in [-0.05, 0) is 42.3 Å². The monoisotopic (exact) mass is 449 g/mol. The van der Waals surface area contributed by atoms with Crippen molar-refractivity contribution in [2.24, 2.45) is 0 Å². The van der Waals surface area contributed by atoms with Crippen LogP contribution in [-0.2, 0) is 17.7 Å². The van der Waals surface area contributed by atoms with Crippen molar-refractivity contribution in [1.82, 2.24) is 9.55 Å². The minimum absolute atomic E-state index is 0.0272. The molecule has 0 fully saturated rings. The van der Waals surface area contributed by atoms with Gasteiger partial charge in [0.2, 0.25) is 0 Å². The van der Waals surface area contributed by atoms with Gasteiger partial charge in [-0.15, -0.1) is 0 Å². The minimum Gasteiger partial charge on any atom is -0.464 e. The Balaban J connectivity index is 2.08. The van der Waals surface area contributed by atoms with Crippen molar-refractivity contribution in [2.45, 2.75) is 19.9 Å². The van der Waals surface area contributed by atoms with Gasteiger partial charge in [0.25, 0.3) is 11.2 Å². The second kappa shape index (κ2) is 8.70. The summed E-state index contributed by atoms with van der Waals surface area (Å²) in [6, 6.07) is 12.0. The third-order valence-electron chi connectivity index (χ3n) is 5.57. The number of esters is 1. The van der Waals surface area contributed by atoms with Crippen LogP contribution >= 0.6 is 0 Å². The number of non-ortho nitro benzene ring substituents is 1. The van der Waals surface area contributed by atoms with Crippen LogP contribution in [0.2, 0.25) is 0 Å². The van der Waals surface area contributed by atoms with E-state index >= 15 is 0 Å². The summed E-state index contributed by atoms with van der Waals surface area (Å²) >= 11 is 0. The molecule has 0 amide bonds. The van der Waals surface area contributed by atoms with E-state index in [1.807, 2.05) is 19.1 Å². The zero-order valence-electron chi connectivity index (χ0n) is 17.9. The molecule has 2 aromatic carbocycles. The molecule has 2 aromatic heterocycles. The molecule has 4 rings (SSSR count). The molecule has 4 aromatic rings. The number of hydrogen-bond donors (Lipinski definition) is 1. The molecular formula is C24H20FN3O5. The summed E-state index contributed by atoms with van der Waals surface area (Å²) in [6.45, 7) is 1.80. The van der Waals surface area contributed by atoms with E-state index in [0.717, 1.165) is 30.2 Å². The van der Waals surface area contributed by atoms with Crippen LogP contribution < -0.4 is 5.56 Å². The topological polar surface area (TPSA) is 107 Å². The number of aromatic nitrogens is 2. The highest BCUT2D eigenvalue weighted by Gasteiger charge is 2.27. The number of nitrogens with one attached hydrogen (secondary N) is 1. The smallest absolute Gasteiger partial charge is 0.355 e. The Bertz CT molecular complexity index is 1450. The normalized spacial score (nSPS) is 11.0. The number of nitro groups is 1. The Morgan fingerprint density at radius 1 is 1.21 bits per heavy atom. The highest BCUT2D eigenvalue weighted by atomic mass is 19.1. The predicted octanol–water partition coefficient (Wildman–Crippen LogP) is 4.44. The van der Waals surface area contributed by atoms with Crippen LogP contribution in [0.4, 0.5) is 10.1 Å². The second-order valence-corrected chi connectivity index (χ2v) is 7.45. The summed E-state index contributed by atoms with van der Waals surface area (Å²) in [5, 5.41) is 11.8. The lowest BCUT2D eigenvalue weighted by Gasteiger charge is -2.12. The minimum atomic E-state index is -0.714. The number of benzene rings is 2. The first kappa shape index (κ1) is 21.9. The van der Waals surface area contributed by atoms with E-state index in [1.165, 1.54) is 17.9 Å². The molecule has 0 saturated heterocycles. The fourth-order valence-electron chi connectivity index (χ4n) is 3.95. The number of rotatable bonds is 6. The molecule has 0 radical (unpaired) electrons. The van der Waals surface area contributed by atoms with Crippen LogP contribution in [0.5, 0.6) is 0 Å². The van der Waals surface area contributed by atoms with E-state index < -0.39 is 22.3 Å². The van der Waals surface area contributed by atoms with Crippen LogP contribution in [0.25, 0.3) is 22.0 Å². The van der Waals surface area contributed by atoms with Crippen molar-refractivity contribution >= 4 is 22.6 Å². The third-order valence-corrected chi connectivity index (χ3v) is 5.57. The van der Waals surface area contributed by atoms with Crippen molar-refractivity contribution in [2.75, 3.05) is 7.11 Å². The van der Waals surface area contributed by atoms with Gasteiger partial charge in [-0.3, -0.25) is 14.9 Å². The summed E-state index contributed by atoms with van der Waals surface area (Å²) in [7, 11) is 1.22. The Morgan fingerprint density at radius 3 is 2.67 bits per heavy atom. The molecule has 0 saturated carbocycles. The highest BCUT2D eigenvalue weighted by Crippen LogP contribution is 2.36. The summed E-state index contributed by atoms with van der Waals surface area (Å²) in [5.41, 5.74) is 1.58. The van der Waals surface area contributed by atoms with E-state index in [-0.39, 0.29) is 29.1 Å². The predicted molar refractivity (Wildman–Crippen MR) is 121 cm³/mol. The number of halogens is 1. The molecular weight excluding hydrogens is 429 g/mol. The summed E-state index contributed by atoms with van der Waals surface area (Å²) < 4.78 is 21.2. The molecule has 168 valence electrons. The average molecular weight is 449 g/mol. The Labute approximate surface area is 187 Å². The molecule has 0 atom stereocenters. The van der Waals surface area contributed by atoms with Gasteiger partial charge in [-0.1, -0.05) is 13.0 Å². The van der Waals surface area contributed by atoms with Gasteiger partial charge < -0.3 is 14.3 Å². The van der Waals surface area contributed by atoms with Crippen LogP contribution in [0, 0.1) is 15.9 Å². The van der Waals surface area contributed by atoms with Crippen molar-refractivity contribution in [3.05, 3.63) is 97.8 Å². The molecule has 0 aliphatic heterocycles. The number of nitro benzene ring substituents is 1. The maximum Gasteiger partial charge on any atom is 0.355 e. The number of H-pyrrole nitrogens is 1. The Hall–Kier alpha value is -4.27. The van der Waals surface area contributed by atoms with E-state index in [1.54, 1.807) is 18.2 Å². The quantitative estimate of drug-likeness (QED) is 0.266. The molecule has 0 aliphatic carbocycles. The van der Waals surface area contributed by atoms with E-state index in [4.69, 9.17) is 4.74 Å². The number of aryl methyl sites for hydroxylation is 1. The highest BCUT2D eigenvalue weighted by molar-refractivity contribution is 6.08. The summed E-state index contributed by atoms with van der Waals surface area (Å²) in [6.07, 6.45) is 2.21. The number of hydrogen-bond acceptors (Lipinski definition) is 5. The Kier molecular flexibility index (Phi) is 5.78. The van der Waals surface area contributed by atoms with Crippen molar-refractivity contribution in [3.63, 3.8) is 0 Å². The first-order valence-electron chi connectivity index (χ1n) is 10.2. The summed E-state index contributed by atoms with van der Waals surface area (Å²) in [4.78, 5) is 38.8. The van der Waals surface area contributed by atoms with Crippen LogP contribution in [0.15, 0.2) is 59.5 Å². The van der Waals surface area contributed by atoms with Gasteiger partial charge in [0.15, 0.2) is 0 Å². The van der Waals surface area contributed by atoms with Gasteiger partial charge in [0.05, 0.1) is 18.6 Å². The van der Waals surface area contributed by atoms with Crippen molar-refractivity contribution in [3.8, 4) is 11.1 Å².